The molecule has 0 spiro atoms. The molecule has 0 aromatic carbocycles. The monoisotopic (exact) mass is 256 g/mol. The largest absolute Gasteiger partial charge is 0.322 e. The minimum absolute atomic E-state index is 0.0707. The topological polar surface area (TPSA) is 42.0 Å². The van der Waals surface area contributed by atoms with Gasteiger partial charge in [0.25, 0.3) is 0 Å². The van der Waals surface area contributed by atoms with E-state index in [1.54, 1.807) is 0 Å². The lowest BCUT2D eigenvalue weighted by Crippen LogP contribution is -2.23. The first kappa shape index (κ1) is 14.5. The minimum Gasteiger partial charge on any atom is -0.322 e. The van der Waals surface area contributed by atoms with Gasteiger partial charge in [-0.15, -0.1) is 0 Å². The van der Waals surface area contributed by atoms with Crippen LogP contribution in [-0.4, -0.2) is 10.9 Å². The minimum atomic E-state index is -0.991. The van der Waals surface area contributed by atoms with E-state index in [1.165, 1.54) is 6.07 Å². The van der Waals surface area contributed by atoms with Crippen LogP contribution in [-0.2, 0) is 4.79 Å². The Balaban J connectivity index is 2.72. The van der Waals surface area contributed by atoms with Crippen molar-refractivity contribution in [1.29, 1.82) is 0 Å². The number of hydrogen-bond donors (Lipinski definition) is 1. The molecule has 1 aromatic rings. The Morgan fingerprint density at radius 3 is 2.39 bits per heavy atom. The second kappa shape index (κ2) is 7.03. The smallest absolute Gasteiger partial charge is 0.239 e. The van der Waals surface area contributed by atoms with Gasteiger partial charge >= 0.3 is 0 Å². The molecular formula is C13H18F2N2O. The van der Waals surface area contributed by atoms with Gasteiger partial charge in [0.05, 0.1) is 5.69 Å². The number of halogens is 2. The highest BCUT2D eigenvalue weighted by molar-refractivity contribution is 5.92. The molecule has 3 nitrogen and oxygen atoms in total. The fourth-order valence-electron chi connectivity index (χ4n) is 1.84. The summed E-state index contributed by atoms with van der Waals surface area (Å²) in [4.78, 5) is 15.0. The van der Waals surface area contributed by atoms with Crippen LogP contribution in [0.1, 0.15) is 39.5 Å². The van der Waals surface area contributed by atoms with Crippen molar-refractivity contribution < 1.29 is 13.6 Å². The van der Waals surface area contributed by atoms with Crippen molar-refractivity contribution in [2.45, 2.75) is 39.5 Å². The molecular weight excluding hydrogens is 238 g/mol. The molecule has 0 radical (unpaired) electrons. The Bertz CT molecular complexity index is 404. The molecule has 100 valence electrons. The molecule has 18 heavy (non-hydrogen) atoms. The lowest BCUT2D eigenvalue weighted by molar-refractivity contribution is -0.120. The van der Waals surface area contributed by atoms with Crippen LogP contribution in [0, 0.1) is 17.8 Å². The van der Waals surface area contributed by atoms with Gasteiger partial charge in [0.2, 0.25) is 17.8 Å². The lowest BCUT2D eigenvalue weighted by atomic mass is 9.97. The molecule has 1 N–H and O–H groups in total. The van der Waals surface area contributed by atoms with Crippen molar-refractivity contribution in [3.63, 3.8) is 0 Å². The number of pyridine rings is 1. The summed E-state index contributed by atoms with van der Waals surface area (Å²) in [5.41, 5.74) is -0.0707. The summed E-state index contributed by atoms with van der Waals surface area (Å²) in [6.07, 6.45) is 3.30. The summed E-state index contributed by atoms with van der Waals surface area (Å²) in [6.45, 7) is 3.99. The van der Waals surface area contributed by atoms with Crippen LogP contribution in [0.25, 0.3) is 0 Å². The second-order valence-electron chi connectivity index (χ2n) is 4.24. The van der Waals surface area contributed by atoms with Crippen molar-refractivity contribution in [2.75, 3.05) is 5.32 Å². The van der Waals surface area contributed by atoms with E-state index in [9.17, 15) is 13.6 Å². The number of anilines is 1. The average molecular weight is 256 g/mol. The van der Waals surface area contributed by atoms with E-state index in [0.29, 0.717) is 0 Å². The van der Waals surface area contributed by atoms with E-state index >= 15 is 0 Å². The van der Waals surface area contributed by atoms with Crippen LogP contribution < -0.4 is 5.32 Å². The van der Waals surface area contributed by atoms with Crippen molar-refractivity contribution in [3.8, 4) is 0 Å². The SMILES string of the molecule is CCCC(CCC)C(=O)Nc1ccc(F)nc1F. The summed E-state index contributed by atoms with van der Waals surface area (Å²) in [6, 6.07) is 2.21. The van der Waals surface area contributed by atoms with Gasteiger partial charge in [-0.05, 0) is 25.0 Å². The van der Waals surface area contributed by atoms with Crippen molar-refractivity contribution in [1.82, 2.24) is 4.98 Å². The van der Waals surface area contributed by atoms with Gasteiger partial charge in [-0.1, -0.05) is 26.7 Å². The first-order valence-electron chi connectivity index (χ1n) is 6.21. The fraction of sp³-hybridized carbons (Fsp3) is 0.538. The van der Waals surface area contributed by atoms with Gasteiger partial charge in [-0.3, -0.25) is 4.79 Å². The maximum Gasteiger partial charge on any atom is 0.239 e. The highest BCUT2D eigenvalue weighted by Gasteiger charge is 2.18. The van der Waals surface area contributed by atoms with E-state index < -0.39 is 11.9 Å². The normalized spacial score (nSPS) is 10.7. The van der Waals surface area contributed by atoms with Crippen LogP contribution >= 0.6 is 0 Å². The Hall–Kier alpha value is -1.52. The van der Waals surface area contributed by atoms with Crippen LogP contribution in [0.3, 0.4) is 0 Å². The van der Waals surface area contributed by atoms with Crippen molar-refractivity contribution in [2.24, 2.45) is 5.92 Å². The van der Waals surface area contributed by atoms with Crippen molar-refractivity contribution >= 4 is 11.6 Å². The molecule has 1 rings (SSSR count). The molecule has 1 aromatic heterocycles. The molecule has 0 saturated heterocycles. The predicted octanol–water partition coefficient (Wildman–Crippen LogP) is 3.51. The summed E-state index contributed by atoms with van der Waals surface area (Å²) >= 11 is 0. The van der Waals surface area contributed by atoms with Crippen LogP contribution in [0.5, 0.6) is 0 Å². The number of hydrogen-bond acceptors (Lipinski definition) is 2. The quantitative estimate of drug-likeness (QED) is 0.791. The summed E-state index contributed by atoms with van der Waals surface area (Å²) < 4.78 is 25.9. The van der Waals surface area contributed by atoms with E-state index in [4.69, 9.17) is 0 Å². The van der Waals surface area contributed by atoms with Crippen molar-refractivity contribution in [3.05, 3.63) is 24.0 Å². The number of aromatic nitrogens is 1. The van der Waals surface area contributed by atoms with Crippen LogP contribution in [0.15, 0.2) is 12.1 Å². The summed E-state index contributed by atoms with van der Waals surface area (Å²) in [5, 5.41) is 2.46. The zero-order chi connectivity index (χ0) is 13.5. The van der Waals surface area contributed by atoms with Gasteiger partial charge < -0.3 is 5.32 Å². The molecule has 0 bridgehead atoms. The van der Waals surface area contributed by atoms with Gasteiger partial charge in [-0.2, -0.15) is 13.8 Å². The Morgan fingerprint density at radius 1 is 1.28 bits per heavy atom. The van der Waals surface area contributed by atoms with Crippen LogP contribution in [0.2, 0.25) is 0 Å². The Kier molecular flexibility index (Phi) is 5.68. The third-order valence-electron chi connectivity index (χ3n) is 2.72. The number of amides is 1. The fourth-order valence-corrected chi connectivity index (χ4v) is 1.84. The highest BCUT2D eigenvalue weighted by atomic mass is 19.1. The molecule has 0 aliphatic rings. The number of nitrogens with zero attached hydrogens (tertiary/aromatic N) is 1. The zero-order valence-electron chi connectivity index (χ0n) is 10.7. The van der Waals surface area contributed by atoms with Gasteiger partial charge in [0, 0.05) is 5.92 Å². The van der Waals surface area contributed by atoms with E-state index in [-0.39, 0.29) is 17.5 Å². The molecule has 1 amide bonds. The molecule has 0 unspecified atom stereocenters. The number of rotatable bonds is 6. The zero-order valence-corrected chi connectivity index (χ0v) is 10.7. The maximum absolute atomic E-state index is 13.3. The molecule has 0 saturated carbocycles. The molecule has 0 fully saturated rings. The third kappa shape index (κ3) is 4.05. The van der Waals surface area contributed by atoms with Crippen LogP contribution in [0.4, 0.5) is 14.5 Å². The summed E-state index contributed by atoms with van der Waals surface area (Å²) in [7, 11) is 0. The van der Waals surface area contributed by atoms with E-state index in [2.05, 4.69) is 10.3 Å². The first-order valence-corrected chi connectivity index (χ1v) is 6.21. The second-order valence-corrected chi connectivity index (χ2v) is 4.24. The molecule has 5 heteroatoms. The summed E-state index contributed by atoms with van der Waals surface area (Å²) in [5.74, 6) is -2.25. The highest BCUT2D eigenvalue weighted by Crippen LogP contribution is 2.18. The Labute approximate surface area is 106 Å². The van der Waals surface area contributed by atoms with Gasteiger partial charge in [-0.25, -0.2) is 0 Å². The van der Waals surface area contributed by atoms with E-state index in [0.717, 1.165) is 31.7 Å². The third-order valence-corrected chi connectivity index (χ3v) is 2.72. The molecule has 0 aliphatic heterocycles. The molecule has 0 aliphatic carbocycles. The standard InChI is InChI=1S/C13H18F2N2O/c1-3-5-9(6-4-2)13(18)16-10-7-8-11(14)17-12(10)15/h7-9H,3-6H2,1-2H3,(H,16,18). The number of nitrogens with one attached hydrogen (secondary N) is 1. The lowest BCUT2D eigenvalue weighted by Gasteiger charge is -2.15. The van der Waals surface area contributed by atoms with Gasteiger partial charge in [0.1, 0.15) is 0 Å². The predicted molar refractivity (Wildman–Crippen MR) is 66.1 cm³/mol. The first-order chi connectivity index (χ1) is 8.58. The van der Waals surface area contributed by atoms with E-state index in [1.807, 2.05) is 13.8 Å². The maximum atomic E-state index is 13.3. The number of carbonyl (C=O) groups excluding carboxylic acids is 1. The molecule has 0 atom stereocenters. The Morgan fingerprint density at radius 2 is 1.89 bits per heavy atom. The average Bonchev–Trinajstić information content (AvgIpc) is 2.32. The molecule has 1 heterocycles. The van der Waals surface area contributed by atoms with Gasteiger partial charge in [0.15, 0.2) is 0 Å². The number of carbonyl (C=O) groups is 1.